The van der Waals surface area contributed by atoms with Gasteiger partial charge >= 0.3 is 0 Å². The first kappa shape index (κ1) is 15.1. The summed E-state index contributed by atoms with van der Waals surface area (Å²) in [4.78, 5) is 30.9. The van der Waals surface area contributed by atoms with Crippen LogP contribution >= 0.6 is 11.3 Å². The van der Waals surface area contributed by atoms with E-state index in [1.807, 2.05) is 21.7 Å². The third-order valence-electron chi connectivity index (χ3n) is 4.60. The molecule has 1 N–H and O–H groups in total. The van der Waals surface area contributed by atoms with E-state index in [0.717, 1.165) is 37.2 Å². The molecule has 1 aliphatic rings. The number of amides is 1. The van der Waals surface area contributed by atoms with Crippen molar-refractivity contribution in [2.75, 3.05) is 13.1 Å². The van der Waals surface area contributed by atoms with Crippen molar-refractivity contribution in [3.63, 3.8) is 0 Å². The number of aromatic amines is 1. The molecule has 1 fully saturated rings. The Labute approximate surface area is 142 Å². The van der Waals surface area contributed by atoms with Crippen LogP contribution in [0.4, 0.5) is 0 Å². The first-order chi connectivity index (χ1) is 11.7. The molecule has 0 radical (unpaired) electrons. The fraction of sp³-hybridized carbons (Fsp3) is 0.353. The Morgan fingerprint density at radius 1 is 1.33 bits per heavy atom. The van der Waals surface area contributed by atoms with Crippen LogP contribution in [0.2, 0.25) is 0 Å². The van der Waals surface area contributed by atoms with Crippen LogP contribution < -0.4 is 5.56 Å². The molecule has 24 heavy (non-hydrogen) atoms. The van der Waals surface area contributed by atoms with Crippen LogP contribution in [0.3, 0.4) is 0 Å². The van der Waals surface area contributed by atoms with Crippen LogP contribution in [-0.2, 0) is 11.2 Å². The van der Waals surface area contributed by atoms with Crippen LogP contribution in [0, 0.1) is 0 Å². The van der Waals surface area contributed by atoms with Gasteiger partial charge < -0.3 is 4.90 Å². The number of nitrogens with one attached hydrogen (secondary N) is 1. The molecule has 0 atom stereocenters. The molecule has 1 aliphatic heterocycles. The third kappa shape index (κ3) is 2.87. The quantitative estimate of drug-likeness (QED) is 0.792. The summed E-state index contributed by atoms with van der Waals surface area (Å²) in [6.07, 6.45) is 3.88. The Kier molecular flexibility index (Phi) is 3.93. The summed E-state index contributed by atoms with van der Waals surface area (Å²) >= 11 is 1.62. The number of hydrogen-bond donors (Lipinski definition) is 1. The molecule has 1 saturated heterocycles. The number of likely N-dealkylation sites (tertiary alicyclic amines) is 1. The molecule has 3 aromatic rings. The number of thiophene rings is 1. The number of aromatic nitrogens is 3. The molecule has 0 aliphatic carbocycles. The number of piperidine rings is 1. The second-order valence-corrected chi connectivity index (χ2v) is 6.92. The molecular weight excluding hydrogens is 324 g/mol. The standard InChI is InChI=1S/C17H18N4O2S/c22-16(9-12-4-8-24-11-12)20-6-2-13(3-7-20)14-10-17(23)21-15(19-14)1-5-18-21/h1,4-5,8,10-11,13,18H,2-3,6-7,9H2. The minimum atomic E-state index is -0.0871. The molecule has 7 heteroatoms. The Bertz CT molecular complexity index is 904. The smallest absolute Gasteiger partial charge is 0.272 e. The predicted molar refractivity (Wildman–Crippen MR) is 92.4 cm³/mol. The van der Waals surface area contributed by atoms with Gasteiger partial charge in [-0.15, -0.1) is 0 Å². The minimum Gasteiger partial charge on any atom is -0.342 e. The number of rotatable bonds is 3. The lowest BCUT2D eigenvalue weighted by molar-refractivity contribution is -0.131. The Hall–Kier alpha value is -2.41. The summed E-state index contributed by atoms with van der Waals surface area (Å²) in [7, 11) is 0. The van der Waals surface area contributed by atoms with Gasteiger partial charge in [0.05, 0.1) is 12.1 Å². The predicted octanol–water partition coefficient (Wildman–Crippen LogP) is 2.03. The highest BCUT2D eigenvalue weighted by molar-refractivity contribution is 7.08. The van der Waals surface area contributed by atoms with Crippen molar-refractivity contribution in [2.45, 2.75) is 25.2 Å². The number of fused-ring (bicyclic) bond motifs is 1. The largest absolute Gasteiger partial charge is 0.342 e. The summed E-state index contributed by atoms with van der Waals surface area (Å²) in [6, 6.07) is 5.40. The first-order valence-electron chi connectivity index (χ1n) is 8.06. The van der Waals surface area contributed by atoms with Gasteiger partial charge in [0.1, 0.15) is 0 Å². The van der Waals surface area contributed by atoms with Crippen LogP contribution in [-0.4, -0.2) is 38.5 Å². The van der Waals surface area contributed by atoms with Gasteiger partial charge in [-0.2, -0.15) is 11.3 Å². The van der Waals surface area contributed by atoms with Crippen LogP contribution in [0.15, 0.2) is 40.0 Å². The van der Waals surface area contributed by atoms with E-state index in [-0.39, 0.29) is 17.4 Å². The number of carbonyl (C=O) groups is 1. The molecule has 4 heterocycles. The molecule has 0 aromatic carbocycles. The van der Waals surface area contributed by atoms with Crippen LogP contribution in [0.25, 0.3) is 5.65 Å². The van der Waals surface area contributed by atoms with E-state index in [1.54, 1.807) is 29.7 Å². The maximum atomic E-state index is 12.4. The van der Waals surface area contributed by atoms with Crippen LogP contribution in [0.5, 0.6) is 0 Å². The van der Waals surface area contributed by atoms with Gasteiger partial charge in [-0.05, 0) is 35.2 Å². The average Bonchev–Trinajstić information content (AvgIpc) is 3.26. The zero-order chi connectivity index (χ0) is 16.5. The van der Waals surface area contributed by atoms with Gasteiger partial charge in [-0.1, -0.05) is 0 Å². The molecule has 0 bridgehead atoms. The molecule has 124 valence electrons. The lowest BCUT2D eigenvalue weighted by Gasteiger charge is -2.31. The SMILES string of the molecule is O=C(Cc1ccsc1)N1CCC(c2cc(=O)n3[nH]ccc3n2)CC1. The summed E-state index contributed by atoms with van der Waals surface area (Å²) in [5.74, 6) is 0.420. The highest BCUT2D eigenvalue weighted by Gasteiger charge is 2.25. The Morgan fingerprint density at radius 3 is 2.92 bits per heavy atom. The van der Waals surface area contributed by atoms with Gasteiger partial charge in [-0.3, -0.25) is 14.7 Å². The van der Waals surface area contributed by atoms with Gasteiger partial charge in [0.25, 0.3) is 5.56 Å². The van der Waals surface area contributed by atoms with Gasteiger partial charge in [-0.25, -0.2) is 9.50 Å². The molecule has 0 saturated carbocycles. The third-order valence-corrected chi connectivity index (χ3v) is 5.33. The molecule has 0 unspecified atom stereocenters. The molecular formula is C17H18N4O2S. The number of carbonyl (C=O) groups excluding carboxylic acids is 1. The van der Waals surface area contributed by atoms with E-state index in [4.69, 9.17) is 0 Å². The Balaban J connectivity index is 1.43. The molecule has 1 amide bonds. The maximum absolute atomic E-state index is 12.4. The topological polar surface area (TPSA) is 70.5 Å². The number of nitrogens with zero attached hydrogens (tertiary/aromatic N) is 3. The first-order valence-corrected chi connectivity index (χ1v) is 9.01. The molecule has 0 spiro atoms. The molecule has 6 nitrogen and oxygen atoms in total. The fourth-order valence-corrected chi connectivity index (χ4v) is 3.93. The molecule has 4 rings (SSSR count). The minimum absolute atomic E-state index is 0.0871. The van der Waals surface area contributed by atoms with E-state index < -0.39 is 0 Å². The fourth-order valence-electron chi connectivity index (χ4n) is 3.26. The summed E-state index contributed by atoms with van der Waals surface area (Å²) < 4.78 is 1.43. The van der Waals surface area contributed by atoms with Crippen molar-refractivity contribution in [1.29, 1.82) is 0 Å². The zero-order valence-electron chi connectivity index (χ0n) is 13.1. The summed E-state index contributed by atoms with van der Waals surface area (Å²) in [6.45, 7) is 1.45. The average molecular weight is 342 g/mol. The lowest BCUT2D eigenvalue weighted by Crippen LogP contribution is -2.39. The van der Waals surface area contributed by atoms with Crippen molar-refractivity contribution in [3.05, 3.63) is 56.8 Å². The van der Waals surface area contributed by atoms with E-state index in [9.17, 15) is 9.59 Å². The second-order valence-electron chi connectivity index (χ2n) is 6.14. The summed E-state index contributed by atoms with van der Waals surface area (Å²) in [5, 5.41) is 6.87. The van der Waals surface area contributed by atoms with Crippen molar-refractivity contribution >= 4 is 22.9 Å². The normalized spacial score (nSPS) is 15.9. The highest BCUT2D eigenvalue weighted by atomic mass is 32.1. The van der Waals surface area contributed by atoms with Gasteiger partial charge in [0.2, 0.25) is 5.91 Å². The van der Waals surface area contributed by atoms with Crippen LogP contribution in [0.1, 0.15) is 30.0 Å². The van der Waals surface area contributed by atoms with Crippen molar-refractivity contribution in [1.82, 2.24) is 19.5 Å². The Morgan fingerprint density at radius 2 is 2.17 bits per heavy atom. The van der Waals surface area contributed by atoms with Crippen molar-refractivity contribution < 1.29 is 4.79 Å². The highest BCUT2D eigenvalue weighted by Crippen LogP contribution is 2.26. The second kappa shape index (κ2) is 6.24. The van der Waals surface area contributed by atoms with Gasteiger partial charge in [0, 0.05) is 37.3 Å². The van der Waals surface area contributed by atoms with E-state index in [1.165, 1.54) is 4.52 Å². The van der Waals surface area contributed by atoms with E-state index >= 15 is 0 Å². The maximum Gasteiger partial charge on any atom is 0.272 e. The van der Waals surface area contributed by atoms with Crippen molar-refractivity contribution in [2.24, 2.45) is 0 Å². The monoisotopic (exact) mass is 342 g/mol. The lowest BCUT2D eigenvalue weighted by atomic mass is 9.93. The molecule has 3 aromatic heterocycles. The van der Waals surface area contributed by atoms with E-state index in [0.29, 0.717) is 12.1 Å². The summed E-state index contributed by atoms with van der Waals surface area (Å²) in [5.41, 5.74) is 2.48. The van der Waals surface area contributed by atoms with E-state index in [2.05, 4.69) is 10.1 Å². The number of H-pyrrole nitrogens is 1. The van der Waals surface area contributed by atoms with Crippen molar-refractivity contribution in [3.8, 4) is 0 Å². The number of hydrogen-bond acceptors (Lipinski definition) is 4. The van der Waals surface area contributed by atoms with Gasteiger partial charge in [0.15, 0.2) is 5.65 Å². The zero-order valence-corrected chi connectivity index (χ0v) is 14.0.